The number of nitrogens with zero attached hydrogens (tertiary/aromatic N) is 1. The third-order valence-electron chi connectivity index (χ3n) is 6.02. The molecular weight excluding hydrogens is 396 g/mol. The van der Waals surface area contributed by atoms with Crippen molar-refractivity contribution in [3.05, 3.63) is 82.2 Å². The van der Waals surface area contributed by atoms with E-state index in [4.69, 9.17) is 13.9 Å². The van der Waals surface area contributed by atoms with E-state index in [1.807, 2.05) is 18.2 Å². The zero-order valence-corrected chi connectivity index (χ0v) is 17.1. The lowest BCUT2D eigenvalue weighted by Gasteiger charge is -2.32. The number of carbonyl (C=O) groups excluding carboxylic acids is 1. The third-order valence-corrected chi connectivity index (χ3v) is 6.02. The van der Waals surface area contributed by atoms with Gasteiger partial charge in [-0.3, -0.25) is 9.59 Å². The van der Waals surface area contributed by atoms with E-state index in [2.05, 4.69) is 5.32 Å². The molecule has 0 bridgehead atoms. The Morgan fingerprint density at radius 1 is 1.00 bits per heavy atom. The van der Waals surface area contributed by atoms with E-state index in [9.17, 15) is 9.59 Å². The minimum Gasteiger partial charge on any atom is -0.486 e. The van der Waals surface area contributed by atoms with Crippen LogP contribution in [0.4, 0.5) is 0 Å². The molecule has 5 rings (SSSR count). The number of nitrogens with one attached hydrogen (secondary N) is 1. The molecule has 160 valence electrons. The van der Waals surface area contributed by atoms with Crippen LogP contribution in [0.5, 0.6) is 11.5 Å². The van der Waals surface area contributed by atoms with Gasteiger partial charge < -0.3 is 23.8 Å². The Labute approximate surface area is 179 Å². The zero-order valence-electron chi connectivity index (χ0n) is 17.1. The molecule has 2 aromatic heterocycles. The number of furan rings is 1. The van der Waals surface area contributed by atoms with Gasteiger partial charge in [0.2, 0.25) is 0 Å². The van der Waals surface area contributed by atoms with E-state index < -0.39 is 5.54 Å². The zero-order chi connectivity index (χ0) is 21.3. The van der Waals surface area contributed by atoms with Crippen molar-refractivity contribution in [1.82, 2.24) is 9.88 Å². The van der Waals surface area contributed by atoms with Crippen molar-refractivity contribution in [3.63, 3.8) is 0 Å². The van der Waals surface area contributed by atoms with Gasteiger partial charge >= 0.3 is 0 Å². The predicted octanol–water partition coefficient (Wildman–Crippen LogP) is 3.46. The largest absolute Gasteiger partial charge is 0.486 e. The number of ether oxygens (including phenoxy) is 2. The van der Waals surface area contributed by atoms with Crippen LogP contribution in [0.2, 0.25) is 0 Å². The smallest absolute Gasteiger partial charge is 0.287 e. The first-order valence-electron chi connectivity index (χ1n) is 10.6. The predicted molar refractivity (Wildman–Crippen MR) is 114 cm³/mol. The summed E-state index contributed by atoms with van der Waals surface area (Å²) in [6, 6.07) is 14.3. The van der Waals surface area contributed by atoms with Gasteiger partial charge in [-0.15, -0.1) is 0 Å². The van der Waals surface area contributed by atoms with E-state index in [-0.39, 0.29) is 23.8 Å². The van der Waals surface area contributed by atoms with Crippen LogP contribution in [0.3, 0.4) is 0 Å². The van der Waals surface area contributed by atoms with Crippen molar-refractivity contribution in [2.75, 3.05) is 13.2 Å². The van der Waals surface area contributed by atoms with Crippen molar-refractivity contribution < 1.29 is 18.7 Å². The Hall–Kier alpha value is -3.48. The van der Waals surface area contributed by atoms with E-state index in [0.717, 1.165) is 42.7 Å². The Bertz CT molecular complexity index is 1160. The van der Waals surface area contributed by atoms with Gasteiger partial charge in [0, 0.05) is 12.3 Å². The van der Waals surface area contributed by atoms with E-state index in [1.165, 1.54) is 10.6 Å². The van der Waals surface area contributed by atoms with Crippen LogP contribution in [0, 0.1) is 0 Å². The molecule has 1 amide bonds. The van der Waals surface area contributed by atoms with Gasteiger partial charge in [-0.2, -0.15) is 0 Å². The molecule has 0 radical (unpaired) electrons. The number of hydrogen-bond donors (Lipinski definition) is 1. The summed E-state index contributed by atoms with van der Waals surface area (Å²) in [5.74, 6) is 1.99. The number of benzene rings is 1. The molecule has 1 saturated carbocycles. The quantitative estimate of drug-likeness (QED) is 0.684. The molecule has 0 saturated heterocycles. The van der Waals surface area contributed by atoms with Crippen LogP contribution in [0.15, 0.2) is 63.9 Å². The molecule has 7 nitrogen and oxygen atoms in total. The number of pyridine rings is 1. The molecule has 2 aliphatic rings. The fourth-order valence-corrected chi connectivity index (χ4v) is 4.43. The van der Waals surface area contributed by atoms with Gasteiger partial charge in [0.15, 0.2) is 17.3 Å². The van der Waals surface area contributed by atoms with E-state index in [0.29, 0.717) is 19.0 Å². The van der Waals surface area contributed by atoms with Crippen molar-refractivity contribution >= 4 is 5.91 Å². The Kier molecular flexibility index (Phi) is 5.02. The summed E-state index contributed by atoms with van der Waals surface area (Å²) in [6.45, 7) is 1.35. The van der Waals surface area contributed by atoms with E-state index >= 15 is 0 Å². The van der Waals surface area contributed by atoms with Crippen molar-refractivity contribution in [2.24, 2.45) is 0 Å². The number of carbonyl (C=O) groups is 1. The summed E-state index contributed by atoms with van der Waals surface area (Å²) in [5.41, 5.74) is 0.439. The molecule has 0 unspecified atom stereocenters. The van der Waals surface area contributed by atoms with Crippen molar-refractivity contribution in [1.29, 1.82) is 0 Å². The number of aromatic nitrogens is 1. The lowest BCUT2D eigenvalue weighted by Crippen LogP contribution is -2.43. The van der Waals surface area contributed by atoms with Crippen LogP contribution in [0.25, 0.3) is 0 Å². The summed E-state index contributed by atoms with van der Waals surface area (Å²) < 4.78 is 18.7. The molecule has 1 aliphatic carbocycles. The molecular formula is C24H24N2O5. The normalized spacial score (nSPS) is 16.8. The summed E-state index contributed by atoms with van der Waals surface area (Å²) in [4.78, 5) is 25.0. The van der Waals surface area contributed by atoms with Crippen molar-refractivity contribution in [3.8, 4) is 11.5 Å². The minimum absolute atomic E-state index is 0.117. The number of fused-ring (bicyclic) bond motifs is 1. The monoisotopic (exact) mass is 420 g/mol. The lowest BCUT2D eigenvalue weighted by atomic mass is 9.87. The maximum atomic E-state index is 13.1. The molecule has 31 heavy (non-hydrogen) atoms. The van der Waals surface area contributed by atoms with Gasteiger partial charge in [0.05, 0.1) is 12.1 Å². The van der Waals surface area contributed by atoms with Crippen LogP contribution in [0.1, 0.15) is 47.6 Å². The Morgan fingerprint density at radius 3 is 2.61 bits per heavy atom. The highest BCUT2D eigenvalue weighted by molar-refractivity contribution is 5.92. The maximum absolute atomic E-state index is 13.1. The lowest BCUT2D eigenvalue weighted by molar-refractivity contribution is 0.0867. The molecule has 1 aliphatic heterocycles. The Balaban J connectivity index is 1.36. The van der Waals surface area contributed by atoms with Gasteiger partial charge in [0.25, 0.3) is 11.5 Å². The summed E-state index contributed by atoms with van der Waals surface area (Å²) >= 11 is 0. The Morgan fingerprint density at radius 2 is 1.81 bits per heavy atom. The third kappa shape index (κ3) is 3.83. The second kappa shape index (κ2) is 7.98. The first-order chi connectivity index (χ1) is 15.1. The maximum Gasteiger partial charge on any atom is 0.287 e. The van der Waals surface area contributed by atoms with Gasteiger partial charge in [-0.25, -0.2) is 0 Å². The number of hydrogen-bond acceptors (Lipinski definition) is 5. The van der Waals surface area contributed by atoms with Gasteiger partial charge in [-0.05, 0) is 48.7 Å². The molecule has 1 fully saturated rings. The minimum atomic E-state index is -0.462. The second-order valence-corrected chi connectivity index (χ2v) is 8.03. The van der Waals surface area contributed by atoms with Crippen LogP contribution >= 0.6 is 0 Å². The fourth-order valence-electron chi connectivity index (χ4n) is 4.43. The molecule has 3 aromatic rings. The van der Waals surface area contributed by atoms with E-state index in [1.54, 1.807) is 30.5 Å². The van der Waals surface area contributed by atoms with Gasteiger partial charge in [0.1, 0.15) is 19.0 Å². The average Bonchev–Trinajstić information content (AvgIpc) is 3.46. The summed E-state index contributed by atoms with van der Waals surface area (Å²) in [6.07, 6.45) is 5.47. The van der Waals surface area contributed by atoms with Crippen molar-refractivity contribution in [2.45, 2.75) is 37.8 Å². The van der Waals surface area contributed by atoms with Crippen LogP contribution in [-0.2, 0) is 12.1 Å². The molecule has 0 spiro atoms. The molecule has 1 N–H and O–H groups in total. The molecule has 0 atom stereocenters. The first kappa shape index (κ1) is 19.5. The molecule has 7 heteroatoms. The second-order valence-electron chi connectivity index (χ2n) is 8.03. The standard InChI is InChI=1S/C24H24N2O5/c27-22-5-1-4-12-26(22)16-18-7-9-20(31-18)23(28)25-24(10-2-3-11-24)17-6-8-19-21(15-17)30-14-13-29-19/h1,4-9,12,15H,2-3,10-11,13-14,16H2,(H,25,28). The highest BCUT2D eigenvalue weighted by atomic mass is 16.6. The molecule has 3 heterocycles. The summed E-state index contributed by atoms with van der Waals surface area (Å²) in [5, 5.41) is 3.22. The highest BCUT2D eigenvalue weighted by Gasteiger charge is 2.38. The van der Waals surface area contributed by atoms with Crippen LogP contribution < -0.4 is 20.3 Å². The van der Waals surface area contributed by atoms with Crippen LogP contribution in [-0.4, -0.2) is 23.7 Å². The fraction of sp³-hybridized carbons (Fsp3) is 0.333. The molecule has 1 aromatic carbocycles. The highest BCUT2D eigenvalue weighted by Crippen LogP contribution is 2.42. The SMILES string of the molecule is O=C(NC1(c2ccc3c(c2)OCCO3)CCCC1)c1ccc(Cn2ccccc2=O)o1. The number of amides is 1. The topological polar surface area (TPSA) is 82.7 Å². The van der Waals surface area contributed by atoms with Gasteiger partial charge in [-0.1, -0.05) is 25.0 Å². The number of rotatable bonds is 5. The summed E-state index contributed by atoms with van der Waals surface area (Å²) in [7, 11) is 0. The first-order valence-corrected chi connectivity index (χ1v) is 10.6. The average molecular weight is 420 g/mol.